The zero-order chi connectivity index (χ0) is 15.9. The molecule has 0 saturated heterocycles. The number of allylic oxidation sites excluding steroid dienone is 2. The van der Waals surface area contributed by atoms with Crippen LogP contribution in [0.2, 0.25) is 0 Å². The molecule has 0 spiro atoms. The second-order valence-electron chi connectivity index (χ2n) is 5.27. The molecular weight excluding hydrogens is 266 g/mol. The fourth-order valence-electron chi connectivity index (χ4n) is 2.68. The Morgan fingerprint density at radius 1 is 0.864 bits per heavy atom. The molecule has 0 fully saturated rings. The lowest BCUT2D eigenvalue weighted by Crippen LogP contribution is -2.19. The van der Waals surface area contributed by atoms with Crippen molar-refractivity contribution in [2.45, 2.75) is 26.8 Å². The highest BCUT2D eigenvalue weighted by Gasteiger charge is 2.16. The predicted octanol–water partition coefficient (Wildman–Crippen LogP) is 5.74. The highest BCUT2D eigenvalue weighted by atomic mass is 15.1. The van der Waals surface area contributed by atoms with Gasteiger partial charge < -0.3 is 4.90 Å². The monoisotopic (exact) mass is 291 g/mol. The van der Waals surface area contributed by atoms with E-state index in [1.54, 1.807) is 0 Å². The molecular formula is C21H25N. The summed E-state index contributed by atoms with van der Waals surface area (Å²) in [5.41, 5.74) is 5.25. The van der Waals surface area contributed by atoms with Crippen LogP contribution in [-0.2, 0) is 0 Å². The van der Waals surface area contributed by atoms with Gasteiger partial charge in [-0.2, -0.15) is 0 Å². The Bertz CT molecular complexity index is 653. The maximum absolute atomic E-state index is 2.31. The zero-order valence-corrected chi connectivity index (χ0v) is 14.0. The molecule has 0 aromatic heterocycles. The van der Waals surface area contributed by atoms with E-state index in [2.05, 4.69) is 91.8 Å². The smallest absolute Gasteiger partial charge is 0.0723 e. The molecule has 0 N–H and O–H groups in total. The maximum Gasteiger partial charge on any atom is 0.0723 e. The summed E-state index contributed by atoms with van der Waals surface area (Å²) in [7, 11) is 2.12. The van der Waals surface area contributed by atoms with E-state index in [-0.39, 0.29) is 0 Å². The Morgan fingerprint density at radius 2 is 1.59 bits per heavy atom. The largest absolute Gasteiger partial charge is 0.370 e. The number of hydrogen-bond donors (Lipinski definition) is 0. The standard InChI is InChI=1S/C19H19N.C2H6/c1-15-11-12-17(16-8-4-3-5-9-16)14-18(15)19-10-6-7-13-20(19)2;1-2/h3-14,19H,1-2H3;1-2H3. The molecule has 1 heterocycles. The lowest BCUT2D eigenvalue weighted by molar-refractivity contribution is 0.388. The Hall–Kier alpha value is -2.28. The van der Waals surface area contributed by atoms with E-state index >= 15 is 0 Å². The molecule has 3 rings (SSSR count). The molecule has 0 amide bonds. The molecule has 1 atom stereocenters. The van der Waals surface area contributed by atoms with Crippen molar-refractivity contribution in [2.75, 3.05) is 7.05 Å². The number of benzene rings is 2. The number of nitrogens with zero attached hydrogens (tertiary/aromatic N) is 1. The normalized spacial score (nSPS) is 16.2. The van der Waals surface area contributed by atoms with Crippen molar-refractivity contribution >= 4 is 0 Å². The van der Waals surface area contributed by atoms with Crippen molar-refractivity contribution in [3.05, 3.63) is 84.1 Å². The Labute approximate surface area is 134 Å². The number of hydrogen-bond acceptors (Lipinski definition) is 1. The Kier molecular flexibility index (Phi) is 5.60. The van der Waals surface area contributed by atoms with Gasteiger partial charge in [-0.25, -0.2) is 0 Å². The molecule has 1 heteroatoms. The van der Waals surface area contributed by atoms with Gasteiger partial charge in [-0.05, 0) is 47.5 Å². The third-order valence-electron chi connectivity index (χ3n) is 3.87. The summed E-state index contributed by atoms with van der Waals surface area (Å²) >= 11 is 0. The first-order valence-electron chi connectivity index (χ1n) is 7.98. The maximum atomic E-state index is 2.31. The second kappa shape index (κ2) is 7.65. The minimum atomic E-state index is 0.323. The summed E-state index contributed by atoms with van der Waals surface area (Å²) < 4.78 is 0. The Morgan fingerprint density at radius 3 is 2.27 bits per heavy atom. The topological polar surface area (TPSA) is 3.24 Å². The molecule has 1 aliphatic heterocycles. The average molecular weight is 291 g/mol. The first-order chi connectivity index (χ1) is 10.8. The lowest BCUT2D eigenvalue weighted by atomic mass is 9.94. The minimum Gasteiger partial charge on any atom is -0.370 e. The van der Waals surface area contributed by atoms with Gasteiger partial charge in [-0.3, -0.25) is 0 Å². The summed E-state index contributed by atoms with van der Waals surface area (Å²) in [5.74, 6) is 0. The molecule has 2 aromatic carbocycles. The van der Waals surface area contributed by atoms with Crippen molar-refractivity contribution in [1.29, 1.82) is 0 Å². The van der Waals surface area contributed by atoms with Crippen LogP contribution < -0.4 is 0 Å². The van der Waals surface area contributed by atoms with Crippen LogP contribution in [0.1, 0.15) is 31.0 Å². The molecule has 0 aliphatic carbocycles. The summed E-state index contributed by atoms with van der Waals surface area (Å²) in [6.07, 6.45) is 8.57. The first kappa shape index (κ1) is 16.1. The van der Waals surface area contributed by atoms with E-state index in [9.17, 15) is 0 Å². The lowest BCUT2D eigenvalue weighted by Gasteiger charge is -2.28. The van der Waals surface area contributed by atoms with Crippen LogP contribution in [0.4, 0.5) is 0 Å². The van der Waals surface area contributed by atoms with Gasteiger partial charge in [0, 0.05) is 7.05 Å². The zero-order valence-electron chi connectivity index (χ0n) is 14.0. The van der Waals surface area contributed by atoms with Crippen molar-refractivity contribution < 1.29 is 0 Å². The van der Waals surface area contributed by atoms with Gasteiger partial charge >= 0.3 is 0 Å². The number of rotatable bonds is 2. The van der Waals surface area contributed by atoms with E-state index in [0.717, 1.165) is 0 Å². The first-order valence-corrected chi connectivity index (χ1v) is 7.98. The third kappa shape index (κ3) is 3.48. The van der Waals surface area contributed by atoms with Crippen LogP contribution in [0.25, 0.3) is 11.1 Å². The average Bonchev–Trinajstić information content (AvgIpc) is 2.59. The van der Waals surface area contributed by atoms with Gasteiger partial charge in [0.2, 0.25) is 0 Å². The van der Waals surface area contributed by atoms with Crippen LogP contribution in [0.5, 0.6) is 0 Å². The molecule has 1 nitrogen and oxygen atoms in total. The van der Waals surface area contributed by atoms with Crippen molar-refractivity contribution in [1.82, 2.24) is 4.90 Å². The fraction of sp³-hybridized carbons (Fsp3) is 0.238. The van der Waals surface area contributed by atoms with E-state index < -0.39 is 0 Å². The summed E-state index contributed by atoms with van der Waals surface area (Å²) in [5, 5.41) is 0. The molecule has 0 radical (unpaired) electrons. The molecule has 1 unspecified atom stereocenters. The molecule has 114 valence electrons. The molecule has 0 bridgehead atoms. The summed E-state index contributed by atoms with van der Waals surface area (Å²) in [4.78, 5) is 2.25. The van der Waals surface area contributed by atoms with Crippen molar-refractivity contribution in [3.63, 3.8) is 0 Å². The third-order valence-corrected chi connectivity index (χ3v) is 3.87. The fourth-order valence-corrected chi connectivity index (χ4v) is 2.68. The van der Waals surface area contributed by atoms with Gasteiger partial charge in [-0.1, -0.05) is 68.5 Å². The van der Waals surface area contributed by atoms with Gasteiger partial charge in [0.25, 0.3) is 0 Å². The predicted molar refractivity (Wildman–Crippen MR) is 96.7 cm³/mol. The van der Waals surface area contributed by atoms with Crippen LogP contribution in [0.15, 0.2) is 73.0 Å². The van der Waals surface area contributed by atoms with Gasteiger partial charge in [-0.15, -0.1) is 0 Å². The Balaban J connectivity index is 0.000000847. The van der Waals surface area contributed by atoms with Gasteiger partial charge in [0.15, 0.2) is 0 Å². The summed E-state index contributed by atoms with van der Waals surface area (Å²) in [6, 6.07) is 17.6. The van der Waals surface area contributed by atoms with E-state index in [1.807, 2.05) is 13.8 Å². The van der Waals surface area contributed by atoms with Gasteiger partial charge in [0.1, 0.15) is 0 Å². The minimum absolute atomic E-state index is 0.323. The number of aryl methyl sites for hydroxylation is 1. The van der Waals surface area contributed by atoms with Crippen LogP contribution in [0.3, 0.4) is 0 Å². The molecule has 2 aromatic rings. The quantitative estimate of drug-likeness (QED) is 0.681. The molecule has 22 heavy (non-hydrogen) atoms. The van der Waals surface area contributed by atoms with Crippen molar-refractivity contribution in [3.8, 4) is 11.1 Å². The van der Waals surface area contributed by atoms with Crippen LogP contribution in [-0.4, -0.2) is 11.9 Å². The van der Waals surface area contributed by atoms with Crippen LogP contribution >= 0.6 is 0 Å². The second-order valence-corrected chi connectivity index (χ2v) is 5.27. The highest BCUT2D eigenvalue weighted by molar-refractivity contribution is 5.65. The van der Waals surface area contributed by atoms with Gasteiger partial charge in [0.05, 0.1) is 6.04 Å². The molecule has 0 saturated carbocycles. The van der Waals surface area contributed by atoms with E-state index in [4.69, 9.17) is 0 Å². The number of likely N-dealkylation sites (N-methyl/N-ethyl adjacent to an activating group) is 1. The SMILES string of the molecule is CC.Cc1ccc(-c2ccccc2)cc1C1C=CC=CN1C. The van der Waals surface area contributed by atoms with Crippen LogP contribution in [0, 0.1) is 6.92 Å². The van der Waals surface area contributed by atoms with Crippen molar-refractivity contribution in [2.24, 2.45) is 0 Å². The summed E-state index contributed by atoms with van der Waals surface area (Å²) in [6.45, 7) is 6.18. The van der Waals surface area contributed by atoms with E-state index in [0.29, 0.717) is 6.04 Å². The highest BCUT2D eigenvalue weighted by Crippen LogP contribution is 2.30. The van der Waals surface area contributed by atoms with E-state index in [1.165, 1.54) is 22.3 Å². The molecule has 1 aliphatic rings.